The van der Waals surface area contributed by atoms with E-state index >= 15 is 0 Å². The molecule has 0 fully saturated rings. The smallest absolute Gasteiger partial charge is 0.295 e. The van der Waals surface area contributed by atoms with Crippen LogP contribution in [0, 0.1) is 0 Å². The number of hydrogen-bond acceptors (Lipinski definition) is 4. The van der Waals surface area contributed by atoms with Crippen LogP contribution in [0.2, 0.25) is 0 Å². The second-order valence-electron chi connectivity index (χ2n) is 4.07. The second kappa shape index (κ2) is 3.81. The van der Waals surface area contributed by atoms with Crippen molar-refractivity contribution in [2.75, 3.05) is 0 Å². The molecule has 2 amide bonds. The van der Waals surface area contributed by atoms with Crippen molar-refractivity contribution in [2.45, 2.75) is 0 Å². The first-order chi connectivity index (χ1) is 9.13. The van der Waals surface area contributed by atoms with Crippen LogP contribution in [0.1, 0.15) is 10.4 Å². The Balaban J connectivity index is 2.36. The van der Waals surface area contributed by atoms with E-state index in [1.165, 1.54) is 10.8 Å². The van der Waals surface area contributed by atoms with Crippen molar-refractivity contribution >= 4 is 34.7 Å². The van der Waals surface area contributed by atoms with E-state index in [0.29, 0.717) is 22.8 Å². The lowest BCUT2D eigenvalue weighted by atomic mass is 10.2. The van der Waals surface area contributed by atoms with Gasteiger partial charge in [-0.1, -0.05) is 18.2 Å². The maximum absolute atomic E-state index is 11.7. The highest BCUT2D eigenvalue weighted by molar-refractivity contribution is 6.32. The van der Waals surface area contributed by atoms with Gasteiger partial charge in [0.25, 0.3) is 11.8 Å². The molecular weight excluding hydrogens is 248 g/mol. The van der Waals surface area contributed by atoms with Crippen LogP contribution in [0.4, 0.5) is 0 Å². The number of carbonyl (C=O) groups is 3. The van der Waals surface area contributed by atoms with Gasteiger partial charge in [-0.05, 0) is 6.07 Å². The monoisotopic (exact) mass is 256 g/mol. The highest BCUT2D eigenvalue weighted by Crippen LogP contribution is 2.26. The van der Waals surface area contributed by atoms with Crippen LogP contribution >= 0.6 is 0 Å². The average Bonchev–Trinajstić information content (AvgIpc) is 2.88. The Kier molecular flexibility index (Phi) is 2.25. The lowest BCUT2D eigenvalue weighted by molar-refractivity contribution is -0.124. The van der Waals surface area contributed by atoms with Gasteiger partial charge in [0, 0.05) is 17.1 Å². The van der Waals surface area contributed by atoms with Crippen molar-refractivity contribution in [3.05, 3.63) is 41.8 Å². The van der Waals surface area contributed by atoms with Gasteiger partial charge in [0.05, 0.1) is 5.52 Å². The summed E-state index contributed by atoms with van der Waals surface area (Å²) in [5, 5.41) is 12.3. The zero-order valence-corrected chi connectivity index (χ0v) is 9.58. The summed E-state index contributed by atoms with van der Waals surface area (Å²) in [5.41, 5.74) is 0.772. The molecule has 0 aliphatic carbocycles. The molecule has 1 aromatic carbocycles. The summed E-state index contributed by atoms with van der Waals surface area (Å²) in [7, 11) is 0. The first-order valence-electron chi connectivity index (χ1n) is 5.48. The van der Waals surface area contributed by atoms with Gasteiger partial charge >= 0.3 is 0 Å². The number of fused-ring (bicyclic) bond motifs is 1. The third kappa shape index (κ3) is 1.46. The molecule has 0 spiro atoms. The van der Waals surface area contributed by atoms with Crippen LogP contribution in [0.5, 0.6) is 0 Å². The summed E-state index contributed by atoms with van der Waals surface area (Å²) in [6.45, 7) is 0. The molecule has 6 heteroatoms. The second-order valence-corrected chi connectivity index (χ2v) is 4.07. The summed E-state index contributed by atoms with van der Waals surface area (Å²) < 4.78 is 1.34. The summed E-state index contributed by atoms with van der Waals surface area (Å²) >= 11 is 0. The Morgan fingerprint density at radius 2 is 1.89 bits per heavy atom. The summed E-state index contributed by atoms with van der Waals surface area (Å²) in [4.78, 5) is 34.0. The Labute approximate surface area is 106 Å². The molecule has 94 valence electrons. The Morgan fingerprint density at radius 1 is 1.16 bits per heavy atom. The summed E-state index contributed by atoms with van der Waals surface area (Å²) in [5.74, 6) is -2.19. The third-order valence-electron chi connectivity index (χ3n) is 2.99. The normalized spacial score (nSPS) is 15.2. The van der Waals surface area contributed by atoms with Crippen molar-refractivity contribution in [1.29, 1.82) is 0 Å². The fourth-order valence-electron chi connectivity index (χ4n) is 2.14. The van der Waals surface area contributed by atoms with Gasteiger partial charge in [-0.2, -0.15) is 0 Å². The molecule has 0 radical (unpaired) electrons. The molecule has 0 bridgehead atoms. The molecule has 1 aromatic heterocycles. The van der Waals surface area contributed by atoms with E-state index in [-0.39, 0.29) is 5.70 Å². The van der Waals surface area contributed by atoms with Gasteiger partial charge in [-0.25, -0.2) is 0 Å². The van der Waals surface area contributed by atoms with Crippen molar-refractivity contribution in [3.8, 4) is 0 Å². The molecule has 2 N–H and O–H groups in total. The standard InChI is InChI=1S/C13H8N2O4/c16-6-7-5-15(9-4-2-1-3-8(7)9)10-11(17)13(19)14-12(10)18/h1-6H,(H2,14,17,18,19). The number of aliphatic hydroxyl groups excluding tert-OH is 1. The van der Waals surface area contributed by atoms with Gasteiger partial charge in [0.2, 0.25) is 5.76 Å². The van der Waals surface area contributed by atoms with E-state index < -0.39 is 17.6 Å². The van der Waals surface area contributed by atoms with Crippen molar-refractivity contribution < 1.29 is 19.5 Å². The molecular formula is C13H8N2O4. The topological polar surface area (TPSA) is 88.4 Å². The summed E-state index contributed by atoms with van der Waals surface area (Å²) in [6, 6.07) is 6.91. The Morgan fingerprint density at radius 3 is 2.53 bits per heavy atom. The number of aldehydes is 1. The lowest BCUT2D eigenvalue weighted by Gasteiger charge is -2.03. The van der Waals surface area contributed by atoms with Gasteiger partial charge < -0.3 is 9.67 Å². The molecule has 3 rings (SSSR count). The lowest BCUT2D eigenvalue weighted by Crippen LogP contribution is -2.23. The molecule has 0 saturated carbocycles. The molecule has 2 heterocycles. The van der Waals surface area contributed by atoms with Crippen molar-refractivity contribution in [3.63, 3.8) is 0 Å². The minimum atomic E-state index is -0.842. The molecule has 0 unspecified atom stereocenters. The van der Waals surface area contributed by atoms with Crippen molar-refractivity contribution in [1.82, 2.24) is 9.88 Å². The van der Waals surface area contributed by atoms with Crippen LogP contribution in [0.15, 0.2) is 36.2 Å². The van der Waals surface area contributed by atoms with Gasteiger partial charge in [-0.3, -0.25) is 19.7 Å². The summed E-state index contributed by atoms with van der Waals surface area (Å²) in [6.07, 6.45) is 2.08. The van der Waals surface area contributed by atoms with Gasteiger partial charge in [-0.15, -0.1) is 0 Å². The molecule has 1 aliphatic heterocycles. The zero-order valence-electron chi connectivity index (χ0n) is 9.58. The van der Waals surface area contributed by atoms with Crippen LogP contribution < -0.4 is 5.32 Å². The molecule has 6 nitrogen and oxygen atoms in total. The number of para-hydroxylation sites is 1. The maximum atomic E-state index is 11.7. The number of nitrogens with one attached hydrogen (secondary N) is 1. The van der Waals surface area contributed by atoms with E-state index in [1.54, 1.807) is 24.3 Å². The molecule has 0 saturated heterocycles. The first-order valence-corrected chi connectivity index (χ1v) is 5.48. The number of hydrogen-bond donors (Lipinski definition) is 2. The van der Waals surface area contributed by atoms with Crippen LogP contribution in [0.25, 0.3) is 16.6 Å². The number of rotatable bonds is 2. The molecule has 19 heavy (non-hydrogen) atoms. The van der Waals surface area contributed by atoms with Crippen LogP contribution in [-0.2, 0) is 9.59 Å². The van der Waals surface area contributed by atoms with E-state index in [9.17, 15) is 19.5 Å². The number of benzene rings is 1. The van der Waals surface area contributed by atoms with Gasteiger partial charge in [0.1, 0.15) is 0 Å². The minimum Gasteiger partial charge on any atom is -0.501 e. The average molecular weight is 256 g/mol. The third-order valence-corrected chi connectivity index (χ3v) is 2.99. The van der Waals surface area contributed by atoms with Crippen molar-refractivity contribution in [2.24, 2.45) is 0 Å². The molecule has 0 atom stereocenters. The van der Waals surface area contributed by atoms with Crippen LogP contribution in [0.3, 0.4) is 0 Å². The first kappa shape index (κ1) is 11.2. The van der Waals surface area contributed by atoms with E-state index in [1.807, 2.05) is 5.32 Å². The number of amides is 2. The quantitative estimate of drug-likeness (QED) is 0.615. The van der Waals surface area contributed by atoms with Gasteiger partial charge in [0.15, 0.2) is 12.0 Å². The number of aliphatic hydroxyl groups is 1. The minimum absolute atomic E-state index is 0.172. The predicted octanol–water partition coefficient (Wildman–Crippen LogP) is 0.837. The number of nitrogens with zero attached hydrogens (tertiary/aromatic N) is 1. The SMILES string of the molecule is O=Cc1cn(C2=C(O)C(=O)NC2=O)c2ccccc12. The van der Waals surface area contributed by atoms with E-state index in [4.69, 9.17) is 0 Å². The number of imide groups is 1. The fourth-order valence-corrected chi connectivity index (χ4v) is 2.14. The highest BCUT2D eigenvalue weighted by Gasteiger charge is 2.32. The predicted molar refractivity (Wildman–Crippen MR) is 66.3 cm³/mol. The Hall–Kier alpha value is -2.89. The fraction of sp³-hybridized carbons (Fsp3) is 0. The van der Waals surface area contributed by atoms with Crippen LogP contribution in [-0.4, -0.2) is 27.8 Å². The zero-order chi connectivity index (χ0) is 13.6. The highest BCUT2D eigenvalue weighted by atomic mass is 16.3. The maximum Gasteiger partial charge on any atom is 0.295 e. The van der Waals surface area contributed by atoms with E-state index in [0.717, 1.165) is 0 Å². The van der Waals surface area contributed by atoms with E-state index in [2.05, 4.69) is 0 Å². The Bertz CT molecular complexity index is 770. The molecule has 2 aromatic rings. The molecule has 1 aliphatic rings. The number of aromatic nitrogens is 1. The number of carbonyl (C=O) groups excluding carboxylic acids is 3. The largest absolute Gasteiger partial charge is 0.501 e.